The van der Waals surface area contributed by atoms with Gasteiger partial charge in [-0.25, -0.2) is 4.79 Å². The highest BCUT2D eigenvalue weighted by Gasteiger charge is 2.30. The first-order chi connectivity index (χ1) is 9.97. The Morgan fingerprint density at radius 1 is 1.38 bits per heavy atom. The summed E-state index contributed by atoms with van der Waals surface area (Å²) in [6, 6.07) is 4.98. The molecule has 0 bridgehead atoms. The number of benzene rings is 1. The van der Waals surface area contributed by atoms with E-state index in [1.807, 2.05) is 23.9 Å². The zero-order chi connectivity index (χ0) is 15.1. The minimum Gasteiger partial charge on any atom is -0.478 e. The number of carbonyl (C=O) groups is 3. The molecular formula is C15H14N2O4. The van der Waals surface area contributed by atoms with Crippen LogP contribution in [0.4, 0.5) is 0 Å². The van der Waals surface area contributed by atoms with E-state index in [0.717, 1.165) is 10.9 Å². The lowest BCUT2D eigenvalue weighted by atomic mass is 9.87. The lowest BCUT2D eigenvalue weighted by Gasteiger charge is -2.22. The van der Waals surface area contributed by atoms with Crippen LogP contribution in [0, 0.1) is 0 Å². The topological polar surface area (TPSA) is 88.4 Å². The molecule has 1 aromatic carbocycles. The minimum atomic E-state index is -1.04. The number of nitrogens with one attached hydrogen (secondary N) is 1. The second-order valence-corrected chi connectivity index (χ2v) is 5.23. The molecule has 3 rings (SSSR count). The smallest absolute Gasteiger partial charge is 0.335 e. The lowest BCUT2D eigenvalue weighted by Crippen LogP contribution is -2.39. The van der Waals surface area contributed by atoms with Gasteiger partial charge in [0.15, 0.2) is 0 Å². The summed E-state index contributed by atoms with van der Waals surface area (Å²) in [5.74, 6) is -2.17. The number of rotatable bonds is 2. The summed E-state index contributed by atoms with van der Waals surface area (Å²) >= 11 is 0. The molecule has 6 nitrogen and oxygen atoms in total. The van der Waals surface area contributed by atoms with Crippen LogP contribution in [0.25, 0.3) is 10.9 Å². The second kappa shape index (κ2) is 4.73. The Hall–Kier alpha value is -2.63. The lowest BCUT2D eigenvalue weighted by molar-refractivity contribution is -0.134. The number of piperidine rings is 1. The third-order valence-electron chi connectivity index (χ3n) is 3.90. The molecule has 1 unspecified atom stereocenters. The van der Waals surface area contributed by atoms with Gasteiger partial charge in [-0.3, -0.25) is 14.9 Å². The number of aryl methyl sites for hydroxylation is 1. The van der Waals surface area contributed by atoms with Crippen LogP contribution >= 0.6 is 0 Å². The van der Waals surface area contributed by atoms with Gasteiger partial charge in [0.1, 0.15) is 0 Å². The van der Waals surface area contributed by atoms with Crippen LogP contribution in [0.15, 0.2) is 24.4 Å². The second-order valence-electron chi connectivity index (χ2n) is 5.23. The van der Waals surface area contributed by atoms with Gasteiger partial charge in [0.05, 0.1) is 11.5 Å². The van der Waals surface area contributed by atoms with Gasteiger partial charge in [-0.1, -0.05) is 0 Å². The van der Waals surface area contributed by atoms with Crippen LogP contribution in [0.3, 0.4) is 0 Å². The fourth-order valence-corrected chi connectivity index (χ4v) is 2.80. The van der Waals surface area contributed by atoms with Gasteiger partial charge >= 0.3 is 5.97 Å². The largest absolute Gasteiger partial charge is 0.478 e. The Bertz CT molecular complexity index is 775. The van der Waals surface area contributed by atoms with Crippen molar-refractivity contribution in [1.82, 2.24) is 9.88 Å². The van der Waals surface area contributed by atoms with Gasteiger partial charge in [-0.2, -0.15) is 0 Å². The van der Waals surface area contributed by atoms with Crippen LogP contribution in [0.5, 0.6) is 0 Å². The first kappa shape index (κ1) is 13.4. The molecule has 1 aliphatic rings. The average Bonchev–Trinajstić information content (AvgIpc) is 2.80. The van der Waals surface area contributed by atoms with Crippen molar-refractivity contribution in [1.29, 1.82) is 0 Å². The minimum absolute atomic E-state index is 0.143. The summed E-state index contributed by atoms with van der Waals surface area (Å²) in [7, 11) is 1.82. The Kier molecular flexibility index (Phi) is 3.01. The first-order valence-electron chi connectivity index (χ1n) is 6.63. The average molecular weight is 286 g/mol. The molecule has 1 aromatic heterocycles. The Balaban J connectivity index is 2.18. The molecule has 2 amide bonds. The molecular weight excluding hydrogens is 272 g/mol. The highest BCUT2D eigenvalue weighted by molar-refractivity contribution is 6.04. The third-order valence-corrected chi connectivity index (χ3v) is 3.90. The molecule has 1 aliphatic heterocycles. The maximum Gasteiger partial charge on any atom is 0.335 e. The molecule has 108 valence electrons. The van der Waals surface area contributed by atoms with Crippen molar-refractivity contribution in [3.8, 4) is 0 Å². The van der Waals surface area contributed by atoms with E-state index in [1.165, 1.54) is 6.07 Å². The van der Waals surface area contributed by atoms with E-state index >= 15 is 0 Å². The van der Waals surface area contributed by atoms with Gasteiger partial charge in [0.2, 0.25) is 11.8 Å². The molecule has 1 atom stereocenters. The zero-order valence-electron chi connectivity index (χ0n) is 11.4. The standard InChI is InChI=1S/C15H14N2O4/c1-17-5-4-9-11(6-8(15(20)21)7-12(9)17)10-2-3-13(18)16-14(10)19/h4-7,10H,2-3H2,1H3,(H,20,21)(H,16,18,19). The SMILES string of the molecule is Cn1ccc2c(C3CCC(=O)NC3=O)cc(C(=O)O)cc21. The Labute approximate surface area is 120 Å². The number of carbonyl (C=O) groups excluding carboxylic acids is 2. The maximum absolute atomic E-state index is 12.1. The van der Waals surface area contributed by atoms with Crippen molar-refractivity contribution in [3.05, 3.63) is 35.5 Å². The predicted molar refractivity (Wildman–Crippen MR) is 75.0 cm³/mol. The number of hydrogen-bond donors (Lipinski definition) is 2. The summed E-state index contributed by atoms with van der Waals surface area (Å²) < 4.78 is 1.82. The van der Waals surface area contributed by atoms with E-state index in [0.29, 0.717) is 12.0 Å². The van der Waals surface area contributed by atoms with Crippen LogP contribution < -0.4 is 5.32 Å². The number of aromatic nitrogens is 1. The maximum atomic E-state index is 12.1. The molecule has 6 heteroatoms. The predicted octanol–water partition coefficient (Wildman–Crippen LogP) is 1.40. The van der Waals surface area contributed by atoms with Crippen LogP contribution in [-0.2, 0) is 16.6 Å². The number of imide groups is 1. The molecule has 1 saturated heterocycles. The van der Waals surface area contributed by atoms with Crippen molar-refractivity contribution < 1.29 is 19.5 Å². The third kappa shape index (κ3) is 2.18. The number of hydrogen-bond acceptors (Lipinski definition) is 3. The molecule has 21 heavy (non-hydrogen) atoms. The van der Waals surface area contributed by atoms with Crippen molar-refractivity contribution in [2.24, 2.45) is 7.05 Å². The fourth-order valence-electron chi connectivity index (χ4n) is 2.80. The molecule has 0 radical (unpaired) electrons. The van der Waals surface area contributed by atoms with Gasteiger partial charge in [0.25, 0.3) is 0 Å². The number of fused-ring (bicyclic) bond motifs is 1. The fraction of sp³-hybridized carbons (Fsp3) is 0.267. The van der Waals surface area contributed by atoms with Crippen LogP contribution in [0.2, 0.25) is 0 Å². The van der Waals surface area contributed by atoms with E-state index in [2.05, 4.69) is 5.32 Å². The van der Waals surface area contributed by atoms with Crippen molar-refractivity contribution >= 4 is 28.7 Å². The van der Waals surface area contributed by atoms with Crippen molar-refractivity contribution in [3.63, 3.8) is 0 Å². The van der Waals surface area contributed by atoms with Gasteiger partial charge < -0.3 is 9.67 Å². The van der Waals surface area contributed by atoms with Crippen molar-refractivity contribution in [2.45, 2.75) is 18.8 Å². The van der Waals surface area contributed by atoms with Gasteiger partial charge in [-0.15, -0.1) is 0 Å². The first-order valence-corrected chi connectivity index (χ1v) is 6.63. The molecule has 2 heterocycles. The summed E-state index contributed by atoms with van der Waals surface area (Å²) in [6.07, 6.45) is 2.49. The number of carboxylic acid groups (broad SMARTS) is 1. The highest BCUT2D eigenvalue weighted by atomic mass is 16.4. The molecule has 0 spiro atoms. The van der Waals surface area contributed by atoms with E-state index in [-0.39, 0.29) is 23.8 Å². The molecule has 2 aromatic rings. The monoisotopic (exact) mass is 286 g/mol. The van der Waals surface area contributed by atoms with Crippen molar-refractivity contribution in [2.75, 3.05) is 0 Å². The van der Waals surface area contributed by atoms with E-state index in [1.54, 1.807) is 6.07 Å². The Morgan fingerprint density at radius 3 is 2.81 bits per heavy atom. The van der Waals surface area contributed by atoms with Crippen LogP contribution in [-0.4, -0.2) is 27.5 Å². The number of aromatic carboxylic acids is 1. The summed E-state index contributed by atoms with van der Waals surface area (Å²) in [5, 5.41) is 12.4. The normalized spacial score (nSPS) is 18.8. The number of carboxylic acids is 1. The quantitative estimate of drug-likeness (QED) is 0.817. The van der Waals surface area contributed by atoms with Gasteiger partial charge in [-0.05, 0) is 30.2 Å². The van der Waals surface area contributed by atoms with E-state index < -0.39 is 11.9 Å². The number of nitrogens with zero attached hydrogens (tertiary/aromatic N) is 1. The number of amides is 2. The molecule has 1 fully saturated rings. The van der Waals surface area contributed by atoms with E-state index in [4.69, 9.17) is 0 Å². The zero-order valence-corrected chi connectivity index (χ0v) is 11.4. The Morgan fingerprint density at radius 2 is 2.14 bits per heavy atom. The van der Waals surface area contributed by atoms with Gasteiger partial charge in [0, 0.05) is 30.6 Å². The summed E-state index contributed by atoms with van der Waals surface area (Å²) in [4.78, 5) is 34.6. The molecule has 0 saturated carbocycles. The molecule has 0 aliphatic carbocycles. The van der Waals surface area contributed by atoms with E-state index in [9.17, 15) is 19.5 Å². The highest BCUT2D eigenvalue weighted by Crippen LogP contribution is 2.32. The summed E-state index contributed by atoms with van der Waals surface area (Å²) in [5.41, 5.74) is 1.56. The molecule has 2 N–H and O–H groups in total. The summed E-state index contributed by atoms with van der Waals surface area (Å²) in [6.45, 7) is 0. The van der Waals surface area contributed by atoms with Crippen LogP contribution in [0.1, 0.15) is 34.7 Å².